The molecule has 2 aliphatic rings. The number of benzene rings is 1. The minimum absolute atomic E-state index is 0. The van der Waals surface area contributed by atoms with Crippen molar-refractivity contribution in [2.45, 2.75) is 19.9 Å². The summed E-state index contributed by atoms with van der Waals surface area (Å²) in [5.41, 5.74) is 3.52. The molecule has 2 saturated heterocycles. The van der Waals surface area contributed by atoms with Crippen molar-refractivity contribution in [2.24, 2.45) is 11.8 Å². The highest BCUT2D eigenvalue weighted by atomic mass is 35.5. The first-order chi connectivity index (χ1) is 14.1. The van der Waals surface area contributed by atoms with Gasteiger partial charge in [-0.1, -0.05) is 30.3 Å². The molecule has 0 spiro atoms. The van der Waals surface area contributed by atoms with E-state index in [9.17, 15) is 9.59 Å². The minimum Gasteiger partial charge on any atom is -0.331 e. The van der Waals surface area contributed by atoms with E-state index in [1.54, 1.807) is 6.07 Å². The summed E-state index contributed by atoms with van der Waals surface area (Å²) in [4.78, 5) is 33.1. The van der Waals surface area contributed by atoms with Crippen LogP contribution in [0.4, 0.5) is 0 Å². The van der Waals surface area contributed by atoms with Gasteiger partial charge in [-0.3, -0.25) is 14.0 Å². The lowest BCUT2D eigenvalue weighted by Crippen LogP contribution is -2.38. The van der Waals surface area contributed by atoms with Crippen LogP contribution in [0.5, 0.6) is 0 Å². The average molecular weight is 425 g/mol. The number of pyridine rings is 1. The van der Waals surface area contributed by atoms with Crippen molar-refractivity contribution in [2.75, 3.05) is 19.6 Å². The maximum atomic E-state index is 13.6. The predicted octanol–water partition coefficient (Wildman–Crippen LogP) is 2.77. The molecular formula is C23H25ClN4O2. The van der Waals surface area contributed by atoms with Crippen LogP contribution >= 0.6 is 12.4 Å². The van der Waals surface area contributed by atoms with Gasteiger partial charge in [0, 0.05) is 37.4 Å². The molecule has 6 nitrogen and oxygen atoms in total. The zero-order valence-corrected chi connectivity index (χ0v) is 17.9. The number of carbonyl (C=O) groups is 1. The first-order valence-electron chi connectivity index (χ1n) is 10.1. The van der Waals surface area contributed by atoms with Gasteiger partial charge in [0.15, 0.2) is 0 Å². The van der Waals surface area contributed by atoms with Crippen molar-refractivity contribution in [3.05, 3.63) is 81.4 Å². The number of carbonyl (C=O) groups excluding carboxylic acids is 1. The molecule has 0 saturated carbocycles. The van der Waals surface area contributed by atoms with Crippen LogP contribution in [0.3, 0.4) is 0 Å². The lowest BCUT2D eigenvalue weighted by molar-refractivity contribution is 0.0711. The summed E-state index contributed by atoms with van der Waals surface area (Å²) in [6, 6.07) is 13.7. The molecule has 0 bridgehead atoms. The number of rotatable bonds is 2. The van der Waals surface area contributed by atoms with Crippen LogP contribution in [0.1, 0.15) is 33.2 Å². The van der Waals surface area contributed by atoms with Gasteiger partial charge in [0.2, 0.25) is 0 Å². The summed E-state index contributed by atoms with van der Waals surface area (Å²) in [5.74, 6) is 0.544. The molecule has 2 fully saturated rings. The molecule has 2 aliphatic heterocycles. The molecule has 3 atom stereocenters. The molecule has 1 aromatic carbocycles. The molecule has 156 valence electrons. The maximum Gasteiger partial charge on any atom is 0.270 e. The smallest absolute Gasteiger partial charge is 0.270 e. The van der Waals surface area contributed by atoms with E-state index < -0.39 is 0 Å². The minimum atomic E-state index is -0.295. The lowest BCUT2D eigenvalue weighted by Gasteiger charge is -2.29. The molecule has 0 unspecified atom stereocenters. The van der Waals surface area contributed by atoms with Gasteiger partial charge in [0.05, 0.1) is 6.04 Å². The highest BCUT2D eigenvalue weighted by Gasteiger charge is 2.47. The number of aryl methyl sites for hydroxylation is 2. The van der Waals surface area contributed by atoms with Crippen molar-refractivity contribution in [1.29, 1.82) is 0 Å². The third kappa shape index (κ3) is 3.11. The molecule has 3 aromatic rings. The number of likely N-dealkylation sites (tertiary alicyclic amines) is 1. The summed E-state index contributed by atoms with van der Waals surface area (Å²) in [6.45, 7) is 6.40. The number of nitrogens with zero attached hydrogens (tertiary/aromatic N) is 3. The van der Waals surface area contributed by atoms with Gasteiger partial charge < -0.3 is 10.2 Å². The summed E-state index contributed by atoms with van der Waals surface area (Å²) in [6.07, 6.45) is 1.45. The van der Waals surface area contributed by atoms with E-state index in [1.165, 1.54) is 21.7 Å². The molecule has 4 heterocycles. The van der Waals surface area contributed by atoms with Crippen molar-refractivity contribution in [3.8, 4) is 0 Å². The number of fused-ring (bicyclic) bond motifs is 2. The Hall–Kier alpha value is -2.70. The zero-order valence-electron chi connectivity index (χ0n) is 17.0. The first kappa shape index (κ1) is 20.6. The van der Waals surface area contributed by atoms with Gasteiger partial charge >= 0.3 is 0 Å². The summed E-state index contributed by atoms with van der Waals surface area (Å²) in [7, 11) is 0. The van der Waals surface area contributed by atoms with E-state index >= 15 is 0 Å². The van der Waals surface area contributed by atoms with Crippen LogP contribution in [-0.2, 0) is 0 Å². The highest BCUT2D eigenvalue weighted by molar-refractivity contribution is 5.94. The van der Waals surface area contributed by atoms with Crippen LogP contribution in [-0.4, -0.2) is 39.8 Å². The Morgan fingerprint density at radius 1 is 1.10 bits per heavy atom. The topological polar surface area (TPSA) is 66.7 Å². The fourth-order valence-electron chi connectivity index (χ4n) is 5.02. The van der Waals surface area contributed by atoms with Gasteiger partial charge in [-0.05, 0) is 43.0 Å². The van der Waals surface area contributed by atoms with Crippen molar-refractivity contribution in [1.82, 2.24) is 19.6 Å². The van der Waals surface area contributed by atoms with Gasteiger partial charge in [0.1, 0.15) is 11.2 Å². The Bertz CT molecular complexity index is 1180. The van der Waals surface area contributed by atoms with E-state index in [2.05, 4.69) is 29.4 Å². The quantitative estimate of drug-likeness (QED) is 0.687. The number of halogens is 1. The molecule has 5 rings (SSSR count). The summed E-state index contributed by atoms with van der Waals surface area (Å²) >= 11 is 0. The lowest BCUT2D eigenvalue weighted by atomic mass is 9.87. The largest absolute Gasteiger partial charge is 0.331 e. The van der Waals surface area contributed by atoms with Gasteiger partial charge in [-0.25, -0.2) is 4.98 Å². The Morgan fingerprint density at radius 3 is 2.70 bits per heavy atom. The maximum absolute atomic E-state index is 13.6. The van der Waals surface area contributed by atoms with Crippen molar-refractivity contribution >= 4 is 24.0 Å². The Balaban J connectivity index is 0.00000218. The normalized spacial score (nSPS) is 22.7. The van der Waals surface area contributed by atoms with Crippen LogP contribution in [0.2, 0.25) is 0 Å². The number of aromatic nitrogens is 2. The first-order valence-corrected chi connectivity index (χ1v) is 10.1. The average Bonchev–Trinajstić information content (AvgIpc) is 3.30. The number of nitrogens with one attached hydrogen (secondary N) is 1. The van der Waals surface area contributed by atoms with Gasteiger partial charge in [0.25, 0.3) is 11.5 Å². The molecule has 1 N–H and O–H groups in total. The zero-order chi connectivity index (χ0) is 20.1. The van der Waals surface area contributed by atoms with E-state index in [0.29, 0.717) is 24.0 Å². The predicted molar refractivity (Wildman–Crippen MR) is 118 cm³/mol. The highest BCUT2D eigenvalue weighted by Crippen LogP contribution is 2.43. The molecule has 2 aromatic heterocycles. The third-order valence-electron chi connectivity index (χ3n) is 6.49. The number of hydrogen-bond donors (Lipinski definition) is 1. The van der Waals surface area contributed by atoms with Gasteiger partial charge in [-0.2, -0.15) is 0 Å². The molecule has 1 amide bonds. The fourth-order valence-corrected chi connectivity index (χ4v) is 5.02. The van der Waals surface area contributed by atoms with Crippen LogP contribution in [0.15, 0.2) is 53.5 Å². The molecule has 0 aliphatic carbocycles. The standard InChI is InChI=1S/C23H24N4O2.ClH/c1-14-6-3-4-8-17(14)21-18-11-24-10-16(18)13-26(21)22(28)19-12-25-20-9-5-7-15(2)27(20)23(19)29;/h3-9,12,16,18,21,24H,10-11,13H2,1-2H3;1H/t16-,18-,21+;/m0./s1. The van der Waals surface area contributed by atoms with E-state index in [1.807, 2.05) is 36.1 Å². The second-order valence-electron chi connectivity index (χ2n) is 8.18. The SMILES string of the molecule is Cc1ccccc1[C@@H]1[C@H]2CNC[C@H]2CN1C(=O)c1cnc2cccc(C)n2c1=O.Cl. The van der Waals surface area contributed by atoms with E-state index in [4.69, 9.17) is 0 Å². The molecule has 0 radical (unpaired) electrons. The monoisotopic (exact) mass is 424 g/mol. The second kappa shape index (κ2) is 7.85. The van der Waals surface area contributed by atoms with Crippen LogP contribution < -0.4 is 10.9 Å². The van der Waals surface area contributed by atoms with Crippen LogP contribution in [0.25, 0.3) is 5.65 Å². The van der Waals surface area contributed by atoms with Crippen LogP contribution in [0, 0.1) is 25.7 Å². The Morgan fingerprint density at radius 2 is 1.90 bits per heavy atom. The summed E-state index contributed by atoms with van der Waals surface area (Å²) < 4.78 is 1.52. The Kier molecular flexibility index (Phi) is 5.38. The van der Waals surface area contributed by atoms with Crippen molar-refractivity contribution < 1.29 is 4.79 Å². The molecule has 30 heavy (non-hydrogen) atoms. The number of amides is 1. The Labute approximate surface area is 181 Å². The number of hydrogen-bond acceptors (Lipinski definition) is 4. The summed E-state index contributed by atoms with van der Waals surface area (Å²) in [5, 5.41) is 3.47. The second-order valence-corrected chi connectivity index (χ2v) is 8.18. The molecular weight excluding hydrogens is 400 g/mol. The molecule has 7 heteroatoms. The van der Waals surface area contributed by atoms with E-state index in [-0.39, 0.29) is 35.5 Å². The van der Waals surface area contributed by atoms with Gasteiger partial charge in [-0.15, -0.1) is 12.4 Å². The van der Waals surface area contributed by atoms with E-state index in [0.717, 1.165) is 18.8 Å². The third-order valence-corrected chi connectivity index (χ3v) is 6.49. The fraction of sp³-hybridized carbons (Fsp3) is 0.348. The van der Waals surface area contributed by atoms with Crippen molar-refractivity contribution in [3.63, 3.8) is 0 Å².